The van der Waals surface area contributed by atoms with Crippen LogP contribution in [0.4, 0.5) is 13.2 Å². The van der Waals surface area contributed by atoms with Gasteiger partial charge in [0.15, 0.2) is 5.69 Å². The standard InChI is InChI=1S/C16H8ClF3N4/c17-13-5-4-10(7-12(13)16(18,19)20)9-2-1-3-11(6-9)15-14(8-21)22-24-23-15/h1-7H,(H,22,23,24). The Morgan fingerprint density at radius 1 is 1.04 bits per heavy atom. The van der Waals surface area contributed by atoms with Gasteiger partial charge < -0.3 is 0 Å². The van der Waals surface area contributed by atoms with E-state index in [0.29, 0.717) is 22.4 Å². The van der Waals surface area contributed by atoms with E-state index in [1.54, 1.807) is 24.3 Å². The number of aromatic amines is 1. The van der Waals surface area contributed by atoms with Crippen LogP contribution in [0.25, 0.3) is 22.4 Å². The van der Waals surface area contributed by atoms with Crippen LogP contribution in [0.15, 0.2) is 42.5 Å². The molecule has 0 spiro atoms. The zero-order chi connectivity index (χ0) is 17.3. The summed E-state index contributed by atoms with van der Waals surface area (Å²) < 4.78 is 39.0. The maximum absolute atomic E-state index is 13.0. The summed E-state index contributed by atoms with van der Waals surface area (Å²) in [6.07, 6.45) is -4.54. The first-order valence-corrected chi connectivity index (χ1v) is 7.06. The Morgan fingerprint density at radius 3 is 2.46 bits per heavy atom. The van der Waals surface area contributed by atoms with Crippen LogP contribution in [0.1, 0.15) is 11.3 Å². The summed E-state index contributed by atoms with van der Waals surface area (Å²) in [5.41, 5.74) is 1.09. The fourth-order valence-corrected chi connectivity index (χ4v) is 2.50. The molecular formula is C16H8ClF3N4. The van der Waals surface area contributed by atoms with E-state index in [4.69, 9.17) is 16.9 Å². The second-order valence-corrected chi connectivity index (χ2v) is 5.33. The minimum atomic E-state index is -4.54. The van der Waals surface area contributed by atoms with Crippen molar-refractivity contribution in [2.24, 2.45) is 0 Å². The van der Waals surface area contributed by atoms with Gasteiger partial charge in [-0.3, -0.25) is 0 Å². The van der Waals surface area contributed by atoms with Gasteiger partial charge in [0, 0.05) is 5.56 Å². The molecule has 8 heteroatoms. The molecule has 0 radical (unpaired) electrons. The second kappa shape index (κ2) is 5.98. The minimum Gasteiger partial charge on any atom is -0.247 e. The van der Waals surface area contributed by atoms with E-state index in [9.17, 15) is 13.2 Å². The third-order valence-electron chi connectivity index (χ3n) is 3.40. The molecule has 1 N–H and O–H groups in total. The van der Waals surface area contributed by atoms with E-state index in [2.05, 4.69) is 15.4 Å². The lowest BCUT2D eigenvalue weighted by Crippen LogP contribution is -2.05. The van der Waals surface area contributed by atoms with E-state index in [1.165, 1.54) is 12.1 Å². The molecule has 0 unspecified atom stereocenters. The van der Waals surface area contributed by atoms with Crippen molar-refractivity contribution in [3.8, 4) is 28.5 Å². The topological polar surface area (TPSA) is 65.4 Å². The molecule has 1 aromatic heterocycles. The number of nitrogens with one attached hydrogen (secondary N) is 1. The number of hydrogen-bond acceptors (Lipinski definition) is 3. The Balaban J connectivity index is 2.09. The van der Waals surface area contributed by atoms with Crippen molar-refractivity contribution < 1.29 is 13.2 Å². The lowest BCUT2D eigenvalue weighted by Gasteiger charge is -2.11. The molecule has 24 heavy (non-hydrogen) atoms. The van der Waals surface area contributed by atoms with Gasteiger partial charge >= 0.3 is 6.18 Å². The Hall–Kier alpha value is -2.85. The summed E-state index contributed by atoms with van der Waals surface area (Å²) in [4.78, 5) is 0. The maximum atomic E-state index is 13.0. The quantitative estimate of drug-likeness (QED) is 0.731. The lowest BCUT2D eigenvalue weighted by molar-refractivity contribution is -0.137. The minimum absolute atomic E-state index is 0.180. The predicted octanol–water partition coefficient (Wildman–Crippen LogP) is 4.68. The smallest absolute Gasteiger partial charge is 0.247 e. The third kappa shape index (κ3) is 2.96. The molecule has 1 heterocycles. The molecule has 120 valence electrons. The Kier molecular flexibility index (Phi) is 3.99. The monoisotopic (exact) mass is 348 g/mol. The van der Waals surface area contributed by atoms with Gasteiger partial charge in [-0.1, -0.05) is 41.1 Å². The van der Waals surface area contributed by atoms with Crippen LogP contribution < -0.4 is 0 Å². The first kappa shape index (κ1) is 16.0. The first-order chi connectivity index (χ1) is 11.4. The summed E-state index contributed by atoms with van der Waals surface area (Å²) in [5.74, 6) is 0. The van der Waals surface area contributed by atoms with Gasteiger partial charge in [0.05, 0.1) is 10.6 Å². The molecule has 0 saturated carbocycles. The highest BCUT2D eigenvalue weighted by atomic mass is 35.5. The molecule has 3 rings (SSSR count). The second-order valence-electron chi connectivity index (χ2n) is 4.92. The molecule has 0 aliphatic heterocycles. The number of H-pyrrole nitrogens is 1. The van der Waals surface area contributed by atoms with Gasteiger partial charge in [-0.2, -0.15) is 18.4 Å². The van der Waals surface area contributed by atoms with Gasteiger partial charge in [-0.25, -0.2) is 5.10 Å². The highest BCUT2D eigenvalue weighted by Crippen LogP contribution is 2.37. The normalized spacial score (nSPS) is 11.3. The molecule has 0 aliphatic carbocycles. The van der Waals surface area contributed by atoms with Gasteiger partial charge in [0.2, 0.25) is 0 Å². The number of nitriles is 1. The van der Waals surface area contributed by atoms with Crippen molar-refractivity contribution in [3.05, 3.63) is 58.7 Å². The van der Waals surface area contributed by atoms with Gasteiger partial charge in [0.25, 0.3) is 0 Å². The number of aromatic nitrogens is 3. The number of alkyl halides is 3. The van der Waals surface area contributed by atoms with Gasteiger partial charge in [-0.15, -0.1) is 5.10 Å². The van der Waals surface area contributed by atoms with Crippen molar-refractivity contribution in [1.82, 2.24) is 15.4 Å². The Bertz CT molecular complexity index is 941. The molecule has 0 saturated heterocycles. The maximum Gasteiger partial charge on any atom is 0.417 e. The average Bonchev–Trinajstić information content (AvgIpc) is 3.03. The van der Waals surface area contributed by atoms with Crippen molar-refractivity contribution in [3.63, 3.8) is 0 Å². The van der Waals surface area contributed by atoms with Crippen LogP contribution in [-0.2, 0) is 6.18 Å². The fourth-order valence-electron chi connectivity index (χ4n) is 2.28. The molecule has 0 fully saturated rings. The fraction of sp³-hybridized carbons (Fsp3) is 0.0625. The third-order valence-corrected chi connectivity index (χ3v) is 3.73. The number of hydrogen-bond donors (Lipinski definition) is 1. The molecule has 3 aromatic rings. The van der Waals surface area contributed by atoms with Crippen molar-refractivity contribution >= 4 is 11.6 Å². The van der Waals surface area contributed by atoms with E-state index in [0.717, 1.165) is 6.07 Å². The van der Waals surface area contributed by atoms with Crippen LogP contribution in [0.2, 0.25) is 5.02 Å². The molecule has 4 nitrogen and oxygen atoms in total. The SMILES string of the molecule is N#Cc1[nH]nnc1-c1cccc(-c2ccc(Cl)c(C(F)(F)F)c2)c1. The summed E-state index contributed by atoms with van der Waals surface area (Å²) >= 11 is 5.64. The van der Waals surface area contributed by atoms with E-state index < -0.39 is 11.7 Å². The largest absolute Gasteiger partial charge is 0.417 e. The van der Waals surface area contributed by atoms with Crippen LogP contribution in [-0.4, -0.2) is 15.4 Å². The van der Waals surface area contributed by atoms with Crippen LogP contribution in [0.3, 0.4) is 0 Å². The molecule has 2 aromatic carbocycles. The summed E-state index contributed by atoms with van der Waals surface area (Å²) in [7, 11) is 0. The summed E-state index contributed by atoms with van der Waals surface area (Å²) in [6, 6.07) is 12.3. The van der Waals surface area contributed by atoms with E-state index in [-0.39, 0.29) is 10.7 Å². The lowest BCUT2D eigenvalue weighted by atomic mass is 9.99. The predicted molar refractivity (Wildman–Crippen MR) is 82.0 cm³/mol. The average molecular weight is 349 g/mol. The number of benzene rings is 2. The molecular weight excluding hydrogens is 341 g/mol. The highest BCUT2D eigenvalue weighted by molar-refractivity contribution is 6.31. The van der Waals surface area contributed by atoms with Crippen molar-refractivity contribution in [2.45, 2.75) is 6.18 Å². The van der Waals surface area contributed by atoms with Crippen molar-refractivity contribution in [1.29, 1.82) is 5.26 Å². The van der Waals surface area contributed by atoms with Crippen LogP contribution >= 0.6 is 11.6 Å². The Morgan fingerprint density at radius 2 is 1.75 bits per heavy atom. The summed E-state index contributed by atoms with van der Waals surface area (Å²) in [6.45, 7) is 0. The van der Waals surface area contributed by atoms with Crippen LogP contribution in [0, 0.1) is 11.3 Å². The Labute approximate surface area is 139 Å². The number of halogens is 4. The van der Waals surface area contributed by atoms with Gasteiger partial charge in [0.1, 0.15) is 11.8 Å². The number of rotatable bonds is 2. The zero-order valence-corrected chi connectivity index (χ0v) is 12.7. The molecule has 0 aliphatic rings. The van der Waals surface area contributed by atoms with E-state index >= 15 is 0 Å². The zero-order valence-electron chi connectivity index (χ0n) is 11.9. The highest BCUT2D eigenvalue weighted by Gasteiger charge is 2.33. The van der Waals surface area contributed by atoms with E-state index in [1.807, 2.05) is 6.07 Å². The molecule has 0 amide bonds. The van der Waals surface area contributed by atoms with Crippen LogP contribution in [0.5, 0.6) is 0 Å². The van der Waals surface area contributed by atoms with Gasteiger partial charge in [-0.05, 0) is 29.3 Å². The molecule has 0 atom stereocenters. The van der Waals surface area contributed by atoms with Crippen molar-refractivity contribution in [2.75, 3.05) is 0 Å². The summed E-state index contributed by atoms with van der Waals surface area (Å²) in [5, 5.41) is 18.5. The first-order valence-electron chi connectivity index (χ1n) is 6.69. The number of nitrogens with zero attached hydrogens (tertiary/aromatic N) is 3. The molecule has 0 bridgehead atoms.